The Bertz CT molecular complexity index is 1300. The van der Waals surface area contributed by atoms with E-state index >= 15 is 0 Å². The molecule has 11 heteroatoms. The summed E-state index contributed by atoms with van der Waals surface area (Å²) in [4.78, 5) is 17.0. The van der Waals surface area contributed by atoms with Crippen molar-refractivity contribution >= 4 is 40.6 Å². The van der Waals surface area contributed by atoms with Gasteiger partial charge in [0.25, 0.3) is 5.91 Å². The fraction of sp³-hybridized carbons (Fsp3) is 0.238. The van der Waals surface area contributed by atoms with Crippen molar-refractivity contribution in [3.05, 3.63) is 58.5 Å². The molecule has 1 aliphatic rings. The van der Waals surface area contributed by atoms with Gasteiger partial charge < -0.3 is 15.8 Å². The predicted molar refractivity (Wildman–Crippen MR) is 121 cm³/mol. The quantitative estimate of drug-likeness (QED) is 0.426. The normalized spacial score (nSPS) is 13.4. The number of rotatable bonds is 7. The molecule has 1 fully saturated rings. The van der Waals surface area contributed by atoms with E-state index in [1.165, 1.54) is 4.52 Å². The lowest BCUT2D eigenvalue weighted by Crippen LogP contribution is -2.24. The maximum atomic E-state index is 12.5. The van der Waals surface area contributed by atoms with Gasteiger partial charge in [-0.25, -0.2) is 9.50 Å². The first-order valence-corrected chi connectivity index (χ1v) is 10.8. The third kappa shape index (κ3) is 4.21. The highest BCUT2D eigenvalue weighted by atomic mass is 35.5. The number of hydrogen-bond acceptors (Lipinski definition) is 6. The molecular formula is C21H19Cl2N7O2. The number of amides is 1. The predicted octanol–water partition coefficient (Wildman–Crippen LogP) is 3.45. The Morgan fingerprint density at radius 1 is 1.28 bits per heavy atom. The molecule has 32 heavy (non-hydrogen) atoms. The number of ether oxygens (including phenoxy) is 1. The van der Waals surface area contributed by atoms with Crippen LogP contribution in [0.15, 0.2) is 42.9 Å². The molecule has 0 spiro atoms. The first-order valence-electron chi connectivity index (χ1n) is 10.0. The fourth-order valence-corrected chi connectivity index (χ4v) is 3.96. The maximum absolute atomic E-state index is 12.5. The van der Waals surface area contributed by atoms with Crippen molar-refractivity contribution in [2.75, 3.05) is 12.3 Å². The van der Waals surface area contributed by atoms with Gasteiger partial charge in [0, 0.05) is 29.7 Å². The summed E-state index contributed by atoms with van der Waals surface area (Å²) in [7, 11) is 0. The largest absolute Gasteiger partial charge is 0.491 e. The molecule has 0 bridgehead atoms. The molecule has 3 heterocycles. The smallest absolute Gasteiger partial charge is 0.253 e. The second-order valence-corrected chi connectivity index (χ2v) is 8.35. The molecule has 4 aromatic rings. The molecule has 1 aromatic carbocycles. The lowest BCUT2D eigenvalue weighted by atomic mass is 10.1. The van der Waals surface area contributed by atoms with Gasteiger partial charge in [-0.05, 0) is 37.1 Å². The van der Waals surface area contributed by atoms with Crippen LogP contribution >= 0.6 is 23.2 Å². The number of nitrogens with one attached hydrogen (secondary N) is 1. The molecule has 0 saturated heterocycles. The van der Waals surface area contributed by atoms with Crippen molar-refractivity contribution in [3.8, 4) is 17.0 Å². The molecule has 0 unspecified atom stereocenters. The Kier molecular flexibility index (Phi) is 5.36. The number of nitrogens with two attached hydrogens (primary N) is 1. The molecule has 164 valence electrons. The van der Waals surface area contributed by atoms with Crippen LogP contribution in [0.25, 0.3) is 16.8 Å². The van der Waals surface area contributed by atoms with E-state index in [1.54, 1.807) is 35.3 Å². The molecule has 1 amide bonds. The van der Waals surface area contributed by atoms with Gasteiger partial charge in [-0.15, -0.1) is 5.10 Å². The van der Waals surface area contributed by atoms with Crippen molar-refractivity contribution < 1.29 is 9.53 Å². The SMILES string of the molecule is Nc1nc(-c2c(Cl)cc(Cl)cc2OCCn2cccn2)c2cc(C(=O)NC3CC3)cn2n1. The Morgan fingerprint density at radius 2 is 2.12 bits per heavy atom. The number of nitrogen functional groups attached to an aromatic ring is 1. The van der Waals surface area contributed by atoms with Crippen molar-refractivity contribution in [1.82, 2.24) is 29.7 Å². The van der Waals surface area contributed by atoms with E-state index in [-0.39, 0.29) is 17.9 Å². The molecular weight excluding hydrogens is 453 g/mol. The number of fused-ring (bicyclic) bond motifs is 1. The minimum Gasteiger partial charge on any atom is -0.491 e. The third-order valence-electron chi connectivity index (χ3n) is 5.05. The van der Waals surface area contributed by atoms with E-state index in [0.29, 0.717) is 51.3 Å². The third-order valence-corrected chi connectivity index (χ3v) is 5.56. The molecule has 1 saturated carbocycles. The Labute approximate surface area is 193 Å². The van der Waals surface area contributed by atoms with Crippen LogP contribution in [0.4, 0.5) is 5.95 Å². The van der Waals surface area contributed by atoms with Crippen LogP contribution in [-0.4, -0.2) is 42.9 Å². The highest BCUT2D eigenvalue weighted by Gasteiger charge is 2.25. The summed E-state index contributed by atoms with van der Waals surface area (Å²) in [6.07, 6.45) is 7.16. The summed E-state index contributed by atoms with van der Waals surface area (Å²) in [5.41, 5.74) is 7.96. The van der Waals surface area contributed by atoms with Crippen LogP contribution < -0.4 is 15.8 Å². The number of anilines is 1. The summed E-state index contributed by atoms with van der Waals surface area (Å²) in [6, 6.07) is 7.07. The zero-order chi connectivity index (χ0) is 22.2. The van der Waals surface area contributed by atoms with E-state index in [9.17, 15) is 4.79 Å². The second kappa shape index (κ2) is 8.33. The minimum atomic E-state index is -0.166. The number of carbonyl (C=O) groups excluding carboxylic acids is 1. The van der Waals surface area contributed by atoms with Crippen LogP contribution in [0.5, 0.6) is 5.75 Å². The van der Waals surface area contributed by atoms with Gasteiger partial charge in [0.05, 0.1) is 28.2 Å². The highest BCUT2D eigenvalue weighted by Crippen LogP contribution is 2.40. The standard InChI is InChI=1S/C21H19Cl2N7O2/c22-13-9-15(23)18(17(10-13)32-7-6-29-5-1-4-25-29)19-16-8-12(20(31)26-14-2-3-14)11-30(16)28-21(24)27-19/h1,4-5,8-11,14H,2-3,6-7H2,(H2,24,28)(H,26,31). The highest BCUT2D eigenvalue weighted by molar-refractivity contribution is 6.37. The minimum absolute atomic E-state index is 0.0331. The van der Waals surface area contributed by atoms with Crippen LogP contribution in [-0.2, 0) is 6.54 Å². The molecule has 0 radical (unpaired) electrons. The zero-order valence-corrected chi connectivity index (χ0v) is 18.3. The van der Waals surface area contributed by atoms with Crippen LogP contribution in [0.1, 0.15) is 23.2 Å². The number of carbonyl (C=O) groups is 1. The number of nitrogens with zero attached hydrogens (tertiary/aromatic N) is 5. The van der Waals surface area contributed by atoms with Gasteiger partial charge in [0.1, 0.15) is 18.1 Å². The summed E-state index contributed by atoms with van der Waals surface area (Å²) in [6.45, 7) is 0.868. The van der Waals surface area contributed by atoms with Gasteiger partial charge in [0.2, 0.25) is 5.95 Å². The van der Waals surface area contributed by atoms with E-state index < -0.39 is 0 Å². The van der Waals surface area contributed by atoms with Crippen molar-refractivity contribution in [3.63, 3.8) is 0 Å². The van der Waals surface area contributed by atoms with Gasteiger partial charge in [-0.2, -0.15) is 5.10 Å². The van der Waals surface area contributed by atoms with Gasteiger partial charge in [0.15, 0.2) is 0 Å². The van der Waals surface area contributed by atoms with Crippen LogP contribution in [0.2, 0.25) is 10.0 Å². The molecule has 0 atom stereocenters. The van der Waals surface area contributed by atoms with Crippen molar-refractivity contribution in [2.45, 2.75) is 25.4 Å². The summed E-state index contributed by atoms with van der Waals surface area (Å²) >= 11 is 12.8. The average Bonchev–Trinajstić information content (AvgIpc) is 3.22. The molecule has 9 nitrogen and oxygen atoms in total. The molecule has 0 aliphatic heterocycles. The number of benzene rings is 1. The number of aromatic nitrogens is 5. The molecule has 1 aliphatic carbocycles. The van der Waals surface area contributed by atoms with Gasteiger partial charge >= 0.3 is 0 Å². The van der Waals surface area contributed by atoms with Gasteiger partial charge in [-0.3, -0.25) is 9.48 Å². The van der Waals surface area contributed by atoms with E-state index in [0.717, 1.165) is 12.8 Å². The van der Waals surface area contributed by atoms with E-state index in [2.05, 4.69) is 20.5 Å². The Balaban J connectivity index is 1.54. The lowest BCUT2D eigenvalue weighted by molar-refractivity contribution is 0.0951. The van der Waals surface area contributed by atoms with Crippen LogP contribution in [0.3, 0.4) is 0 Å². The number of hydrogen-bond donors (Lipinski definition) is 2. The van der Waals surface area contributed by atoms with Crippen molar-refractivity contribution in [2.24, 2.45) is 0 Å². The van der Waals surface area contributed by atoms with Crippen LogP contribution in [0, 0.1) is 0 Å². The first-order chi connectivity index (χ1) is 15.5. The summed E-state index contributed by atoms with van der Waals surface area (Å²) in [5.74, 6) is 0.311. The fourth-order valence-electron chi connectivity index (χ4n) is 3.40. The molecule has 3 N–H and O–H groups in total. The average molecular weight is 472 g/mol. The summed E-state index contributed by atoms with van der Waals surface area (Å²) in [5, 5.41) is 12.1. The maximum Gasteiger partial charge on any atom is 0.253 e. The zero-order valence-electron chi connectivity index (χ0n) is 16.8. The second-order valence-electron chi connectivity index (χ2n) is 7.50. The van der Waals surface area contributed by atoms with Gasteiger partial charge in [-0.1, -0.05) is 23.2 Å². The first kappa shape index (κ1) is 20.6. The Morgan fingerprint density at radius 3 is 2.88 bits per heavy atom. The lowest BCUT2D eigenvalue weighted by Gasteiger charge is -2.14. The van der Waals surface area contributed by atoms with Crippen molar-refractivity contribution in [1.29, 1.82) is 0 Å². The summed E-state index contributed by atoms with van der Waals surface area (Å²) < 4.78 is 9.29. The van der Waals surface area contributed by atoms with E-state index in [1.807, 2.05) is 12.3 Å². The Hall–Kier alpha value is -3.30. The number of halogens is 2. The molecule has 5 rings (SSSR count). The topological polar surface area (TPSA) is 112 Å². The van der Waals surface area contributed by atoms with E-state index in [4.69, 9.17) is 33.7 Å². The monoisotopic (exact) mass is 471 g/mol. The molecule has 3 aromatic heterocycles.